The molecular formula is C10H12N2OS. The second-order valence-corrected chi connectivity index (χ2v) is 4.09. The van der Waals surface area contributed by atoms with E-state index in [4.69, 9.17) is 4.42 Å². The molecule has 4 heteroatoms. The average molecular weight is 208 g/mol. The van der Waals surface area contributed by atoms with Crippen molar-refractivity contribution >= 4 is 16.3 Å². The summed E-state index contributed by atoms with van der Waals surface area (Å²) >= 11 is 1.61. The molecule has 2 rings (SSSR count). The van der Waals surface area contributed by atoms with Crippen molar-refractivity contribution < 1.29 is 4.42 Å². The number of aryl methyl sites for hydroxylation is 2. The zero-order valence-corrected chi connectivity index (χ0v) is 9.23. The van der Waals surface area contributed by atoms with Crippen molar-refractivity contribution in [3.63, 3.8) is 0 Å². The minimum Gasteiger partial charge on any atom is -0.459 e. The van der Waals surface area contributed by atoms with Crippen LogP contribution in [0.15, 0.2) is 16.5 Å². The predicted octanol–water partition coefficient (Wildman–Crippen LogP) is 3.06. The van der Waals surface area contributed by atoms with Gasteiger partial charge in [-0.25, -0.2) is 4.98 Å². The molecule has 0 fully saturated rings. The van der Waals surface area contributed by atoms with E-state index in [0.717, 1.165) is 27.2 Å². The molecule has 2 aromatic heterocycles. The van der Waals surface area contributed by atoms with Crippen LogP contribution in [-0.4, -0.2) is 12.0 Å². The number of aromatic nitrogens is 1. The van der Waals surface area contributed by atoms with Crippen LogP contribution in [0.3, 0.4) is 0 Å². The number of nitrogens with zero attached hydrogens (tertiary/aromatic N) is 1. The molecule has 0 spiro atoms. The van der Waals surface area contributed by atoms with Gasteiger partial charge < -0.3 is 9.73 Å². The minimum atomic E-state index is 0.845. The molecule has 0 bridgehead atoms. The number of furan rings is 1. The van der Waals surface area contributed by atoms with Gasteiger partial charge in [-0.3, -0.25) is 0 Å². The molecule has 0 aliphatic carbocycles. The highest BCUT2D eigenvalue weighted by molar-refractivity contribution is 7.19. The van der Waals surface area contributed by atoms with E-state index in [0.29, 0.717) is 0 Å². The fourth-order valence-corrected chi connectivity index (χ4v) is 2.16. The molecule has 1 N–H and O–H groups in total. The summed E-state index contributed by atoms with van der Waals surface area (Å²) in [7, 11) is 1.90. The molecule has 0 saturated carbocycles. The highest BCUT2D eigenvalue weighted by Crippen LogP contribution is 2.32. The molecule has 74 valence electrons. The lowest BCUT2D eigenvalue weighted by Crippen LogP contribution is -1.85. The molecule has 0 aromatic carbocycles. The van der Waals surface area contributed by atoms with E-state index in [-0.39, 0.29) is 0 Å². The number of nitrogens with one attached hydrogen (secondary N) is 1. The number of thiazole rings is 1. The lowest BCUT2D eigenvalue weighted by molar-refractivity contribution is 0.548. The Hall–Kier alpha value is -1.29. The maximum atomic E-state index is 5.50. The summed E-state index contributed by atoms with van der Waals surface area (Å²) in [5.74, 6) is 1.76. The Bertz CT molecular complexity index is 445. The highest BCUT2D eigenvalue weighted by atomic mass is 32.1. The van der Waals surface area contributed by atoms with E-state index < -0.39 is 0 Å². The molecule has 0 aliphatic rings. The molecule has 14 heavy (non-hydrogen) atoms. The monoisotopic (exact) mass is 208 g/mol. The first kappa shape index (κ1) is 9.27. The Kier molecular flexibility index (Phi) is 2.29. The first-order chi connectivity index (χ1) is 6.70. The molecule has 2 heterocycles. The van der Waals surface area contributed by atoms with Gasteiger partial charge in [-0.1, -0.05) is 11.3 Å². The number of anilines is 1. The van der Waals surface area contributed by atoms with Gasteiger partial charge in [-0.2, -0.15) is 0 Å². The Balaban J connectivity index is 2.42. The SMILES string of the molecule is CNc1sc(-c2ccc(C)o2)nc1C. The normalized spacial score (nSPS) is 10.5. The average Bonchev–Trinajstić information content (AvgIpc) is 2.71. The van der Waals surface area contributed by atoms with Crippen molar-refractivity contribution in [3.05, 3.63) is 23.6 Å². The second kappa shape index (κ2) is 3.46. The summed E-state index contributed by atoms with van der Waals surface area (Å²) in [5.41, 5.74) is 1.02. The maximum Gasteiger partial charge on any atom is 0.162 e. The van der Waals surface area contributed by atoms with Crippen molar-refractivity contribution in [3.8, 4) is 10.8 Å². The summed E-state index contributed by atoms with van der Waals surface area (Å²) in [4.78, 5) is 4.43. The van der Waals surface area contributed by atoms with Gasteiger partial charge >= 0.3 is 0 Å². The minimum absolute atomic E-state index is 0.845. The Morgan fingerprint density at radius 3 is 2.64 bits per heavy atom. The molecule has 0 atom stereocenters. The zero-order chi connectivity index (χ0) is 10.1. The summed E-state index contributed by atoms with van der Waals surface area (Å²) in [5, 5.41) is 5.13. The third kappa shape index (κ3) is 1.53. The van der Waals surface area contributed by atoms with E-state index >= 15 is 0 Å². The molecule has 0 unspecified atom stereocenters. The second-order valence-electron chi connectivity index (χ2n) is 3.09. The Morgan fingerprint density at radius 2 is 2.14 bits per heavy atom. The first-order valence-electron chi connectivity index (χ1n) is 4.42. The van der Waals surface area contributed by atoms with Crippen LogP contribution >= 0.6 is 11.3 Å². The molecule has 2 aromatic rings. The fraction of sp³-hybridized carbons (Fsp3) is 0.300. The van der Waals surface area contributed by atoms with Crippen LogP contribution in [-0.2, 0) is 0 Å². The number of hydrogen-bond acceptors (Lipinski definition) is 4. The highest BCUT2D eigenvalue weighted by Gasteiger charge is 2.10. The Labute approximate surface area is 86.8 Å². The van der Waals surface area contributed by atoms with Crippen molar-refractivity contribution in [1.29, 1.82) is 0 Å². The van der Waals surface area contributed by atoms with Gasteiger partial charge in [0.1, 0.15) is 10.8 Å². The van der Waals surface area contributed by atoms with Crippen LogP contribution < -0.4 is 5.32 Å². The van der Waals surface area contributed by atoms with Crippen LogP contribution in [0, 0.1) is 13.8 Å². The van der Waals surface area contributed by atoms with Gasteiger partial charge in [0.15, 0.2) is 10.8 Å². The van der Waals surface area contributed by atoms with Crippen molar-refractivity contribution in [1.82, 2.24) is 4.98 Å². The molecule has 0 amide bonds. The maximum absolute atomic E-state index is 5.50. The Morgan fingerprint density at radius 1 is 1.36 bits per heavy atom. The smallest absolute Gasteiger partial charge is 0.162 e. The third-order valence-electron chi connectivity index (χ3n) is 1.97. The summed E-state index contributed by atoms with van der Waals surface area (Å²) in [6.07, 6.45) is 0. The van der Waals surface area contributed by atoms with E-state index in [1.165, 1.54) is 0 Å². The van der Waals surface area contributed by atoms with Gasteiger partial charge in [-0.15, -0.1) is 0 Å². The van der Waals surface area contributed by atoms with E-state index in [9.17, 15) is 0 Å². The number of hydrogen-bond donors (Lipinski definition) is 1. The standard InChI is InChI=1S/C10H12N2OS/c1-6-4-5-8(13-6)10-12-7(2)9(11-3)14-10/h4-5,11H,1-3H3. The quantitative estimate of drug-likeness (QED) is 0.824. The lowest BCUT2D eigenvalue weighted by Gasteiger charge is -1.90. The fourth-order valence-electron chi connectivity index (χ4n) is 1.28. The van der Waals surface area contributed by atoms with Crippen LogP contribution in [0.4, 0.5) is 5.00 Å². The molecule has 3 nitrogen and oxygen atoms in total. The van der Waals surface area contributed by atoms with Gasteiger partial charge in [0, 0.05) is 7.05 Å². The summed E-state index contributed by atoms with van der Waals surface area (Å²) in [6.45, 7) is 3.92. The van der Waals surface area contributed by atoms with Gasteiger partial charge in [-0.05, 0) is 26.0 Å². The van der Waals surface area contributed by atoms with Crippen LogP contribution in [0.1, 0.15) is 11.5 Å². The lowest BCUT2D eigenvalue weighted by atomic mass is 10.4. The first-order valence-corrected chi connectivity index (χ1v) is 5.24. The molecule has 0 aliphatic heterocycles. The van der Waals surface area contributed by atoms with Crippen LogP contribution in [0.25, 0.3) is 10.8 Å². The molecule has 0 radical (unpaired) electrons. The van der Waals surface area contributed by atoms with Crippen molar-refractivity contribution in [2.45, 2.75) is 13.8 Å². The predicted molar refractivity (Wildman–Crippen MR) is 58.8 cm³/mol. The van der Waals surface area contributed by atoms with Crippen LogP contribution in [0.2, 0.25) is 0 Å². The van der Waals surface area contributed by atoms with Crippen LogP contribution in [0.5, 0.6) is 0 Å². The zero-order valence-electron chi connectivity index (χ0n) is 8.42. The van der Waals surface area contributed by atoms with Crippen molar-refractivity contribution in [2.24, 2.45) is 0 Å². The van der Waals surface area contributed by atoms with Gasteiger partial charge in [0.05, 0.1) is 5.69 Å². The van der Waals surface area contributed by atoms with E-state index in [1.54, 1.807) is 11.3 Å². The largest absolute Gasteiger partial charge is 0.459 e. The van der Waals surface area contributed by atoms with Gasteiger partial charge in [0.25, 0.3) is 0 Å². The number of rotatable bonds is 2. The molecule has 0 saturated heterocycles. The molecular weight excluding hydrogens is 196 g/mol. The van der Waals surface area contributed by atoms with Gasteiger partial charge in [0.2, 0.25) is 0 Å². The summed E-state index contributed by atoms with van der Waals surface area (Å²) in [6, 6.07) is 3.90. The van der Waals surface area contributed by atoms with Crippen molar-refractivity contribution in [2.75, 3.05) is 12.4 Å². The van der Waals surface area contributed by atoms with E-state index in [2.05, 4.69) is 10.3 Å². The topological polar surface area (TPSA) is 38.1 Å². The summed E-state index contributed by atoms with van der Waals surface area (Å²) < 4.78 is 5.50. The third-order valence-corrected chi connectivity index (χ3v) is 3.16. The van der Waals surface area contributed by atoms with E-state index in [1.807, 2.05) is 33.0 Å².